The minimum Gasteiger partial charge on any atom is -0.233 e. The van der Waals surface area contributed by atoms with Crippen LogP contribution < -0.4 is 0 Å². The number of nitrogens with one attached hydrogen (secondary N) is 1. The molecule has 8 nitrogen and oxygen atoms in total. The van der Waals surface area contributed by atoms with E-state index in [1.807, 2.05) is 31.2 Å². The zero-order valence-electron chi connectivity index (χ0n) is 23.4. The number of fused-ring (bicyclic) bond motifs is 1. The highest BCUT2D eigenvalue weighted by atomic mass is 35.5. The molecule has 220 valence electrons. The van der Waals surface area contributed by atoms with Gasteiger partial charge in [-0.15, -0.1) is 21.5 Å². The first kappa shape index (κ1) is 28.6. The Hall–Kier alpha value is -5.15. The fraction of sp³-hybridized carbons (Fsp3) is 0.0303. The molecule has 0 amide bonds. The van der Waals surface area contributed by atoms with Crippen LogP contribution in [0.4, 0.5) is 4.39 Å². The lowest BCUT2D eigenvalue weighted by atomic mass is 9.96. The highest BCUT2D eigenvalue weighted by Gasteiger charge is 2.30. The van der Waals surface area contributed by atoms with Gasteiger partial charge >= 0.3 is 0 Å². The van der Waals surface area contributed by atoms with Crippen LogP contribution in [0.2, 0.25) is 5.02 Å². The van der Waals surface area contributed by atoms with Gasteiger partial charge < -0.3 is 0 Å². The zero-order valence-corrected chi connectivity index (χ0v) is 25.8. The average molecular weight is 651 g/mol. The molecular weight excluding hydrogens is 631 g/mol. The number of aromatic nitrogens is 5. The Bertz CT molecular complexity index is 2390. The Kier molecular flexibility index (Phi) is 7.05. The predicted octanol–water partition coefficient (Wildman–Crippen LogP) is 8.09. The van der Waals surface area contributed by atoms with Gasteiger partial charge in [-0.05, 0) is 71.6 Å². The van der Waals surface area contributed by atoms with Crippen LogP contribution in [0, 0.1) is 24.1 Å². The molecule has 0 aliphatic rings. The van der Waals surface area contributed by atoms with E-state index in [0.29, 0.717) is 60.2 Å². The molecule has 0 fully saturated rings. The topological polar surface area (TPSA) is 117 Å². The normalized spacial score (nSPS) is 11.6. The van der Waals surface area contributed by atoms with Crippen molar-refractivity contribution in [3.63, 3.8) is 0 Å². The molecule has 0 spiro atoms. The third kappa shape index (κ3) is 4.89. The Balaban J connectivity index is 1.53. The highest BCUT2D eigenvalue weighted by molar-refractivity contribution is 7.90. The summed E-state index contributed by atoms with van der Waals surface area (Å²) in [5.41, 5.74) is 5.04. The van der Waals surface area contributed by atoms with E-state index < -0.39 is 15.8 Å². The zero-order chi connectivity index (χ0) is 31.3. The second-order valence-electron chi connectivity index (χ2n) is 10.3. The number of thiophene rings is 1. The third-order valence-corrected chi connectivity index (χ3v) is 10.4. The summed E-state index contributed by atoms with van der Waals surface area (Å²) in [7, 11) is -4.21. The molecular formula is C33H20ClFN6O2S2. The monoisotopic (exact) mass is 650 g/mol. The molecule has 0 unspecified atom stereocenters. The van der Waals surface area contributed by atoms with Crippen molar-refractivity contribution in [1.82, 2.24) is 24.6 Å². The average Bonchev–Trinajstić information content (AvgIpc) is 3.80. The van der Waals surface area contributed by atoms with Crippen LogP contribution in [0.5, 0.6) is 0 Å². The molecule has 0 aliphatic heterocycles. The van der Waals surface area contributed by atoms with E-state index in [1.165, 1.54) is 33.5 Å². The molecule has 0 radical (unpaired) electrons. The summed E-state index contributed by atoms with van der Waals surface area (Å²) in [6.45, 7) is 1.87. The van der Waals surface area contributed by atoms with Crippen LogP contribution in [0.25, 0.3) is 55.8 Å². The van der Waals surface area contributed by atoms with Crippen molar-refractivity contribution in [2.24, 2.45) is 0 Å². The molecule has 0 atom stereocenters. The lowest BCUT2D eigenvalue weighted by Crippen LogP contribution is -2.14. The van der Waals surface area contributed by atoms with Gasteiger partial charge in [0.1, 0.15) is 16.8 Å². The largest absolute Gasteiger partial charge is 0.268 e. The Morgan fingerprint density at radius 2 is 1.73 bits per heavy atom. The van der Waals surface area contributed by atoms with Gasteiger partial charge in [-0.2, -0.15) is 10.5 Å². The van der Waals surface area contributed by atoms with Crippen molar-refractivity contribution < 1.29 is 12.8 Å². The van der Waals surface area contributed by atoms with Crippen LogP contribution in [0.3, 0.4) is 0 Å². The van der Waals surface area contributed by atoms with Gasteiger partial charge in [0.2, 0.25) is 5.82 Å². The van der Waals surface area contributed by atoms with Gasteiger partial charge in [-0.1, -0.05) is 59.6 Å². The molecule has 3 heterocycles. The molecule has 7 rings (SSSR count). The lowest BCUT2D eigenvalue weighted by molar-refractivity contribution is 0.589. The number of rotatable bonds is 6. The second-order valence-corrected chi connectivity index (χ2v) is 13.4. The number of aryl methyl sites for hydroxylation is 1. The van der Waals surface area contributed by atoms with Gasteiger partial charge in [-0.25, -0.2) is 16.8 Å². The maximum Gasteiger partial charge on any atom is 0.268 e. The summed E-state index contributed by atoms with van der Waals surface area (Å²) in [5, 5.41) is 26.6. The van der Waals surface area contributed by atoms with Crippen LogP contribution in [0.15, 0.2) is 101 Å². The first-order valence-electron chi connectivity index (χ1n) is 13.5. The number of aromatic amines is 1. The Morgan fingerprint density at radius 3 is 2.47 bits per heavy atom. The van der Waals surface area contributed by atoms with E-state index in [0.717, 1.165) is 5.56 Å². The Morgan fingerprint density at radius 1 is 0.933 bits per heavy atom. The van der Waals surface area contributed by atoms with E-state index in [2.05, 4.69) is 26.7 Å². The SMILES string of the molecule is Cc1ccc(S(=O)(=O)n2c(-c3cccc(-c4ccc(-c5nn[nH]n5)cc4Cl)c3)c(-c3ccsc3C#N)c3cc(F)ccc32)cc1. The molecule has 1 N–H and O–H groups in total. The molecule has 0 saturated carbocycles. The molecule has 0 aliphatic carbocycles. The summed E-state index contributed by atoms with van der Waals surface area (Å²) in [4.78, 5) is 0.452. The minimum absolute atomic E-state index is 0.0733. The van der Waals surface area contributed by atoms with Crippen molar-refractivity contribution in [2.45, 2.75) is 11.8 Å². The standard InChI is InChI=1S/C33H20ClFN6O2S2/c1-19-5-9-24(10-6-19)45(42,43)41-29-12-8-23(35)17-27(29)31(26-13-14-44-30(26)18-36)32(41)21-4-2-3-20(15-21)25-11-7-22(16-28(25)34)33-37-39-40-38-33/h2-17H,1H3,(H,37,38,39,40). The number of tetrazole rings is 1. The van der Waals surface area contributed by atoms with Crippen molar-refractivity contribution in [3.05, 3.63) is 118 Å². The predicted molar refractivity (Wildman–Crippen MR) is 173 cm³/mol. The first-order chi connectivity index (χ1) is 21.8. The van der Waals surface area contributed by atoms with Crippen LogP contribution in [-0.4, -0.2) is 33.0 Å². The smallest absolute Gasteiger partial charge is 0.233 e. The van der Waals surface area contributed by atoms with Crippen LogP contribution in [0.1, 0.15) is 10.4 Å². The lowest BCUT2D eigenvalue weighted by Gasteiger charge is -2.15. The molecule has 0 saturated heterocycles. The van der Waals surface area contributed by atoms with E-state index in [4.69, 9.17) is 11.6 Å². The summed E-state index contributed by atoms with van der Waals surface area (Å²) < 4.78 is 45.1. The number of halogens is 2. The number of benzene rings is 4. The summed E-state index contributed by atoms with van der Waals surface area (Å²) in [6.07, 6.45) is 0. The minimum atomic E-state index is -4.21. The van der Waals surface area contributed by atoms with Crippen LogP contribution in [-0.2, 0) is 10.0 Å². The van der Waals surface area contributed by atoms with Gasteiger partial charge in [0, 0.05) is 38.2 Å². The van der Waals surface area contributed by atoms with Gasteiger partial charge in [0.15, 0.2) is 0 Å². The summed E-state index contributed by atoms with van der Waals surface area (Å²) in [5.74, 6) is -0.139. The number of hydrogen-bond acceptors (Lipinski definition) is 7. The van der Waals surface area contributed by atoms with Gasteiger partial charge in [-0.3, -0.25) is 0 Å². The highest BCUT2D eigenvalue weighted by Crippen LogP contribution is 2.46. The van der Waals surface area contributed by atoms with Crippen molar-refractivity contribution in [2.75, 3.05) is 0 Å². The summed E-state index contributed by atoms with van der Waals surface area (Å²) in [6, 6.07) is 27.2. The van der Waals surface area contributed by atoms with Crippen molar-refractivity contribution in [3.8, 4) is 51.0 Å². The Labute approximate surface area is 266 Å². The fourth-order valence-corrected chi connectivity index (χ4v) is 7.96. The van der Waals surface area contributed by atoms with E-state index in [1.54, 1.807) is 53.9 Å². The number of nitrogens with zero attached hydrogens (tertiary/aromatic N) is 5. The molecule has 4 aromatic carbocycles. The first-order valence-corrected chi connectivity index (χ1v) is 16.2. The molecule has 0 bridgehead atoms. The molecule has 7 aromatic rings. The third-order valence-electron chi connectivity index (χ3n) is 7.50. The molecule has 45 heavy (non-hydrogen) atoms. The van der Waals surface area contributed by atoms with Gasteiger partial charge in [0.25, 0.3) is 10.0 Å². The number of H-pyrrole nitrogens is 1. The van der Waals surface area contributed by atoms with E-state index in [9.17, 15) is 18.1 Å². The number of nitriles is 1. The van der Waals surface area contributed by atoms with Crippen molar-refractivity contribution in [1.29, 1.82) is 5.26 Å². The maximum atomic E-state index is 14.9. The van der Waals surface area contributed by atoms with E-state index >= 15 is 0 Å². The quantitative estimate of drug-likeness (QED) is 0.194. The van der Waals surface area contributed by atoms with Crippen LogP contribution >= 0.6 is 22.9 Å². The molecule has 12 heteroatoms. The second kappa shape index (κ2) is 11.1. The molecule has 3 aromatic heterocycles. The maximum absolute atomic E-state index is 14.9. The van der Waals surface area contributed by atoms with Crippen molar-refractivity contribution >= 4 is 43.9 Å². The number of hydrogen-bond donors (Lipinski definition) is 1. The van der Waals surface area contributed by atoms with E-state index in [-0.39, 0.29) is 10.4 Å². The van der Waals surface area contributed by atoms with Gasteiger partial charge in [0.05, 0.1) is 16.1 Å². The summed E-state index contributed by atoms with van der Waals surface area (Å²) >= 11 is 7.98. The fourth-order valence-electron chi connectivity index (χ4n) is 5.43.